The molecule has 0 heterocycles. The maximum Gasteiger partial charge on any atom is 0.314 e. The third-order valence-electron chi connectivity index (χ3n) is 2.66. The van der Waals surface area contributed by atoms with Crippen LogP contribution in [0.4, 0.5) is 4.79 Å². The van der Waals surface area contributed by atoms with Gasteiger partial charge < -0.3 is 15.5 Å². The highest BCUT2D eigenvalue weighted by molar-refractivity contribution is 5.73. The fraction of sp³-hybridized carbons (Fsp3) is 0.923. The molecular formula is C13H29N3O. The van der Waals surface area contributed by atoms with Gasteiger partial charge >= 0.3 is 6.03 Å². The number of nitrogens with one attached hydrogen (secondary N) is 2. The van der Waals surface area contributed by atoms with E-state index in [0.29, 0.717) is 6.54 Å². The van der Waals surface area contributed by atoms with Crippen LogP contribution in [0.1, 0.15) is 45.4 Å². The van der Waals surface area contributed by atoms with E-state index in [2.05, 4.69) is 17.6 Å². The number of carbonyl (C=O) groups excluding carboxylic acids is 1. The lowest BCUT2D eigenvalue weighted by molar-refractivity contribution is 0.239. The molecule has 0 aliphatic rings. The van der Waals surface area contributed by atoms with Gasteiger partial charge in [0.15, 0.2) is 0 Å². The van der Waals surface area contributed by atoms with Gasteiger partial charge in [0.1, 0.15) is 0 Å². The van der Waals surface area contributed by atoms with Crippen LogP contribution in [0.25, 0.3) is 0 Å². The van der Waals surface area contributed by atoms with Crippen LogP contribution in [0.15, 0.2) is 0 Å². The minimum absolute atomic E-state index is 0.0413. The molecular weight excluding hydrogens is 214 g/mol. The monoisotopic (exact) mass is 243 g/mol. The van der Waals surface area contributed by atoms with Crippen molar-refractivity contribution in [2.45, 2.75) is 45.4 Å². The molecule has 17 heavy (non-hydrogen) atoms. The Morgan fingerprint density at radius 2 is 1.53 bits per heavy atom. The first kappa shape index (κ1) is 16.2. The second-order valence-electron chi connectivity index (χ2n) is 4.75. The zero-order valence-electron chi connectivity index (χ0n) is 11.7. The third-order valence-corrected chi connectivity index (χ3v) is 2.66. The van der Waals surface area contributed by atoms with E-state index in [1.165, 1.54) is 32.1 Å². The van der Waals surface area contributed by atoms with Gasteiger partial charge in [-0.05, 0) is 20.5 Å². The van der Waals surface area contributed by atoms with E-state index in [1.807, 2.05) is 19.0 Å². The standard InChI is InChI=1S/C13H29N3O/c1-4-5-6-7-8-9-10-14-13(17)15-11-12-16(2)3/h4-12H2,1-3H3,(H2,14,15,17). The summed E-state index contributed by atoms with van der Waals surface area (Å²) in [5.41, 5.74) is 0. The maximum absolute atomic E-state index is 11.3. The molecule has 0 saturated carbocycles. The number of hydrogen-bond donors (Lipinski definition) is 2. The molecule has 0 bridgehead atoms. The fourth-order valence-electron chi connectivity index (χ4n) is 1.56. The summed E-state index contributed by atoms with van der Waals surface area (Å²) in [6.07, 6.45) is 7.54. The van der Waals surface area contributed by atoms with Crippen LogP contribution in [-0.2, 0) is 0 Å². The molecule has 0 saturated heterocycles. The predicted molar refractivity (Wildman–Crippen MR) is 73.3 cm³/mol. The van der Waals surface area contributed by atoms with Crippen molar-refractivity contribution in [2.75, 3.05) is 33.7 Å². The minimum Gasteiger partial charge on any atom is -0.338 e. The molecule has 0 radical (unpaired) electrons. The third kappa shape index (κ3) is 13.2. The quantitative estimate of drug-likeness (QED) is 0.578. The van der Waals surface area contributed by atoms with Crippen LogP contribution in [0.2, 0.25) is 0 Å². The lowest BCUT2D eigenvalue weighted by atomic mass is 10.1. The molecule has 102 valence electrons. The van der Waals surface area contributed by atoms with Crippen molar-refractivity contribution >= 4 is 6.03 Å². The summed E-state index contributed by atoms with van der Waals surface area (Å²) >= 11 is 0. The Morgan fingerprint density at radius 1 is 0.941 bits per heavy atom. The van der Waals surface area contributed by atoms with Gasteiger partial charge in [-0.1, -0.05) is 39.0 Å². The van der Waals surface area contributed by atoms with Crippen molar-refractivity contribution in [3.8, 4) is 0 Å². The van der Waals surface area contributed by atoms with E-state index < -0.39 is 0 Å². The molecule has 4 nitrogen and oxygen atoms in total. The van der Waals surface area contributed by atoms with Gasteiger partial charge in [0.2, 0.25) is 0 Å². The number of amides is 2. The van der Waals surface area contributed by atoms with Crippen molar-refractivity contribution in [1.29, 1.82) is 0 Å². The highest BCUT2D eigenvalue weighted by Gasteiger charge is 1.98. The molecule has 0 rings (SSSR count). The number of urea groups is 1. The summed E-state index contributed by atoms with van der Waals surface area (Å²) in [7, 11) is 3.99. The molecule has 0 spiro atoms. The first-order chi connectivity index (χ1) is 8.16. The topological polar surface area (TPSA) is 44.4 Å². The first-order valence-electron chi connectivity index (χ1n) is 6.83. The van der Waals surface area contributed by atoms with Crippen molar-refractivity contribution in [3.63, 3.8) is 0 Å². The normalized spacial score (nSPS) is 10.6. The second-order valence-corrected chi connectivity index (χ2v) is 4.75. The minimum atomic E-state index is -0.0413. The van der Waals surface area contributed by atoms with E-state index >= 15 is 0 Å². The highest BCUT2D eigenvalue weighted by atomic mass is 16.2. The largest absolute Gasteiger partial charge is 0.338 e. The van der Waals surface area contributed by atoms with E-state index in [0.717, 1.165) is 19.5 Å². The van der Waals surface area contributed by atoms with E-state index in [9.17, 15) is 4.79 Å². The summed E-state index contributed by atoms with van der Waals surface area (Å²) < 4.78 is 0. The smallest absolute Gasteiger partial charge is 0.314 e. The number of nitrogens with zero attached hydrogens (tertiary/aromatic N) is 1. The second kappa shape index (κ2) is 11.7. The number of hydrogen-bond acceptors (Lipinski definition) is 2. The van der Waals surface area contributed by atoms with Crippen LogP contribution in [0.3, 0.4) is 0 Å². The van der Waals surface area contributed by atoms with E-state index in [-0.39, 0.29) is 6.03 Å². The van der Waals surface area contributed by atoms with Crippen molar-refractivity contribution < 1.29 is 4.79 Å². The molecule has 0 fully saturated rings. The Kier molecular flexibility index (Phi) is 11.2. The van der Waals surface area contributed by atoms with Gasteiger partial charge in [0.05, 0.1) is 0 Å². The van der Waals surface area contributed by atoms with Crippen LogP contribution in [0, 0.1) is 0 Å². The van der Waals surface area contributed by atoms with Crippen LogP contribution >= 0.6 is 0 Å². The van der Waals surface area contributed by atoms with Gasteiger partial charge in [-0.15, -0.1) is 0 Å². The van der Waals surface area contributed by atoms with Crippen LogP contribution < -0.4 is 10.6 Å². The average molecular weight is 243 g/mol. The Labute approximate surface area is 106 Å². The lowest BCUT2D eigenvalue weighted by Crippen LogP contribution is -2.39. The zero-order chi connectivity index (χ0) is 12.9. The molecule has 0 unspecified atom stereocenters. The number of rotatable bonds is 10. The lowest BCUT2D eigenvalue weighted by Gasteiger charge is -2.11. The summed E-state index contributed by atoms with van der Waals surface area (Å²) in [4.78, 5) is 13.4. The highest BCUT2D eigenvalue weighted by Crippen LogP contribution is 2.03. The van der Waals surface area contributed by atoms with Crippen LogP contribution in [-0.4, -0.2) is 44.7 Å². The SMILES string of the molecule is CCCCCCCCNC(=O)NCCN(C)C. The molecule has 0 aliphatic heterocycles. The Balaban J connectivity index is 3.16. The molecule has 0 atom stereocenters. The summed E-state index contributed by atoms with van der Waals surface area (Å²) in [6, 6.07) is -0.0413. The molecule has 0 aromatic rings. The molecule has 0 aromatic carbocycles. The number of unbranched alkanes of at least 4 members (excludes halogenated alkanes) is 5. The van der Waals surface area contributed by atoms with E-state index in [4.69, 9.17) is 0 Å². The van der Waals surface area contributed by atoms with Gasteiger partial charge in [-0.25, -0.2) is 4.79 Å². The molecule has 0 aliphatic carbocycles. The van der Waals surface area contributed by atoms with E-state index in [1.54, 1.807) is 0 Å². The Hall–Kier alpha value is -0.770. The number of carbonyl (C=O) groups is 1. The van der Waals surface area contributed by atoms with Crippen molar-refractivity contribution in [2.24, 2.45) is 0 Å². The molecule has 4 heteroatoms. The van der Waals surface area contributed by atoms with Crippen LogP contribution in [0.5, 0.6) is 0 Å². The maximum atomic E-state index is 11.3. The molecule has 2 N–H and O–H groups in total. The average Bonchev–Trinajstić information content (AvgIpc) is 2.27. The summed E-state index contributed by atoms with van der Waals surface area (Å²) in [6.45, 7) is 4.60. The van der Waals surface area contributed by atoms with Gasteiger partial charge in [-0.3, -0.25) is 0 Å². The first-order valence-corrected chi connectivity index (χ1v) is 6.83. The van der Waals surface area contributed by atoms with Gasteiger partial charge in [0.25, 0.3) is 0 Å². The Bertz CT molecular complexity index is 184. The van der Waals surface area contributed by atoms with Crippen molar-refractivity contribution in [3.05, 3.63) is 0 Å². The van der Waals surface area contributed by atoms with Gasteiger partial charge in [0, 0.05) is 19.6 Å². The predicted octanol–water partition coefficient (Wildman–Crippen LogP) is 2.21. The summed E-state index contributed by atoms with van der Waals surface area (Å²) in [5, 5.41) is 5.71. The zero-order valence-corrected chi connectivity index (χ0v) is 11.7. The Morgan fingerprint density at radius 3 is 2.18 bits per heavy atom. The fourth-order valence-corrected chi connectivity index (χ4v) is 1.56. The molecule has 2 amide bonds. The summed E-state index contributed by atoms with van der Waals surface area (Å²) in [5.74, 6) is 0. The van der Waals surface area contributed by atoms with Crippen molar-refractivity contribution in [1.82, 2.24) is 15.5 Å². The number of likely N-dealkylation sites (N-methyl/N-ethyl adjacent to an activating group) is 1. The van der Waals surface area contributed by atoms with Gasteiger partial charge in [-0.2, -0.15) is 0 Å². The molecule has 0 aromatic heterocycles.